The number of fused-ring (bicyclic) bond motifs is 1. The van der Waals surface area contributed by atoms with Crippen LogP contribution in [0.4, 0.5) is 4.39 Å². The average Bonchev–Trinajstić information content (AvgIpc) is 3.28. The molecule has 1 fully saturated rings. The summed E-state index contributed by atoms with van der Waals surface area (Å²) in [5.41, 5.74) is 0.640. The molecule has 136 valence electrons. The van der Waals surface area contributed by atoms with Crippen LogP contribution in [0.15, 0.2) is 58.6 Å². The van der Waals surface area contributed by atoms with E-state index in [0.717, 1.165) is 25.7 Å². The lowest BCUT2D eigenvalue weighted by molar-refractivity contribution is 0.324. The maximum atomic E-state index is 13.5. The predicted octanol–water partition coefficient (Wildman–Crippen LogP) is 3.10. The molecule has 4 rings (SSSR count). The lowest BCUT2D eigenvalue weighted by Crippen LogP contribution is -2.23. The van der Waals surface area contributed by atoms with E-state index in [0.29, 0.717) is 17.6 Å². The molecule has 3 aromatic rings. The summed E-state index contributed by atoms with van der Waals surface area (Å²) in [6.45, 7) is 3.70. The van der Waals surface area contributed by atoms with Crippen LogP contribution in [0.5, 0.6) is 0 Å². The van der Waals surface area contributed by atoms with Gasteiger partial charge in [0.1, 0.15) is 11.5 Å². The van der Waals surface area contributed by atoms with E-state index in [4.69, 9.17) is 0 Å². The summed E-state index contributed by atoms with van der Waals surface area (Å²) >= 11 is 0. The van der Waals surface area contributed by atoms with E-state index in [1.165, 1.54) is 31.0 Å². The van der Waals surface area contributed by atoms with Crippen LogP contribution < -0.4 is 0 Å². The Labute approximate surface area is 152 Å². The Hall–Kier alpha value is -2.25. The molecule has 0 N–H and O–H groups in total. The second-order valence-corrected chi connectivity index (χ2v) is 8.49. The summed E-state index contributed by atoms with van der Waals surface area (Å²) in [6.07, 6.45) is 5.72. The lowest BCUT2D eigenvalue weighted by Gasteiger charge is -2.14. The Morgan fingerprint density at radius 1 is 1.08 bits per heavy atom. The van der Waals surface area contributed by atoms with Crippen molar-refractivity contribution in [1.82, 2.24) is 14.5 Å². The van der Waals surface area contributed by atoms with Gasteiger partial charge in [0.15, 0.2) is 0 Å². The molecule has 5 nitrogen and oxygen atoms in total. The Kier molecular flexibility index (Phi) is 4.50. The van der Waals surface area contributed by atoms with Crippen LogP contribution in [0.25, 0.3) is 11.0 Å². The molecule has 0 atom stereocenters. The van der Waals surface area contributed by atoms with E-state index in [9.17, 15) is 12.8 Å². The minimum absolute atomic E-state index is 0.0417. The second kappa shape index (κ2) is 6.81. The van der Waals surface area contributed by atoms with E-state index < -0.39 is 15.7 Å². The number of nitrogens with zero attached hydrogens (tertiary/aromatic N) is 3. The van der Waals surface area contributed by atoms with Gasteiger partial charge < -0.3 is 9.47 Å². The highest BCUT2D eigenvalue weighted by Gasteiger charge is 2.24. The molecule has 1 aromatic carbocycles. The van der Waals surface area contributed by atoms with Gasteiger partial charge in [-0.3, -0.25) is 0 Å². The van der Waals surface area contributed by atoms with Crippen molar-refractivity contribution in [3.63, 3.8) is 0 Å². The van der Waals surface area contributed by atoms with Gasteiger partial charge in [0.2, 0.25) is 9.84 Å². The summed E-state index contributed by atoms with van der Waals surface area (Å²) in [4.78, 5) is 6.88. The largest absolute Gasteiger partial charge is 0.330 e. The third-order valence-corrected chi connectivity index (χ3v) is 6.63. The molecular formula is C19H20FN3O2S. The zero-order valence-electron chi connectivity index (χ0n) is 14.3. The van der Waals surface area contributed by atoms with Crippen molar-refractivity contribution in [2.24, 2.45) is 0 Å². The Bertz CT molecular complexity index is 1040. The van der Waals surface area contributed by atoms with Gasteiger partial charge in [0.25, 0.3) is 0 Å². The van der Waals surface area contributed by atoms with Crippen LogP contribution >= 0.6 is 0 Å². The number of aromatic nitrogens is 2. The normalized spacial score (nSPS) is 15.7. The Morgan fingerprint density at radius 3 is 2.65 bits per heavy atom. The summed E-state index contributed by atoms with van der Waals surface area (Å²) in [6, 6.07) is 8.59. The first kappa shape index (κ1) is 17.2. The standard InChI is InChI=1S/C19H20FN3O2S/c20-15-5-3-6-16(13-15)26(24,25)18-14-23(12-11-22-9-1-2-10-22)19-17(18)7-4-8-21-19/h3-8,13-14H,1-2,9-12H2. The number of pyridine rings is 1. The number of benzene rings is 1. The van der Waals surface area contributed by atoms with E-state index in [1.54, 1.807) is 24.5 Å². The Balaban J connectivity index is 1.75. The maximum Gasteiger partial charge on any atom is 0.208 e. The fourth-order valence-electron chi connectivity index (χ4n) is 3.49. The van der Waals surface area contributed by atoms with E-state index in [1.807, 2.05) is 4.57 Å². The number of sulfone groups is 1. The van der Waals surface area contributed by atoms with Crippen LogP contribution in [0.3, 0.4) is 0 Å². The van der Waals surface area contributed by atoms with E-state index >= 15 is 0 Å². The number of hydrogen-bond acceptors (Lipinski definition) is 4. The summed E-state index contributed by atoms with van der Waals surface area (Å²) in [7, 11) is -3.82. The fraction of sp³-hybridized carbons (Fsp3) is 0.316. The number of halogens is 1. The average molecular weight is 373 g/mol. The summed E-state index contributed by atoms with van der Waals surface area (Å²) < 4.78 is 41.5. The molecule has 26 heavy (non-hydrogen) atoms. The van der Waals surface area contributed by atoms with Crippen molar-refractivity contribution in [3.8, 4) is 0 Å². The van der Waals surface area contributed by atoms with Crippen molar-refractivity contribution in [2.45, 2.75) is 29.2 Å². The number of hydrogen-bond donors (Lipinski definition) is 0. The van der Waals surface area contributed by atoms with Gasteiger partial charge in [-0.05, 0) is 56.3 Å². The topological polar surface area (TPSA) is 55.2 Å². The molecule has 0 spiro atoms. The molecule has 0 bridgehead atoms. The van der Waals surface area contributed by atoms with Crippen molar-refractivity contribution >= 4 is 20.9 Å². The van der Waals surface area contributed by atoms with Gasteiger partial charge in [0, 0.05) is 30.9 Å². The molecule has 1 aliphatic heterocycles. The molecule has 7 heteroatoms. The molecule has 0 saturated carbocycles. The van der Waals surface area contributed by atoms with Crippen LogP contribution in [-0.2, 0) is 16.4 Å². The minimum atomic E-state index is -3.82. The summed E-state index contributed by atoms with van der Waals surface area (Å²) in [5.74, 6) is -0.568. The monoisotopic (exact) mass is 373 g/mol. The van der Waals surface area contributed by atoms with Crippen LogP contribution in [0, 0.1) is 5.82 Å². The second-order valence-electron chi connectivity index (χ2n) is 6.57. The smallest absolute Gasteiger partial charge is 0.208 e. The van der Waals surface area contributed by atoms with Crippen LogP contribution in [-0.4, -0.2) is 42.5 Å². The lowest BCUT2D eigenvalue weighted by atomic mass is 10.3. The van der Waals surface area contributed by atoms with Crippen LogP contribution in [0.1, 0.15) is 12.8 Å². The third kappa shape index (κ3) is 3.12. The van der Waals surface area contributed by atoms with Gasteiger partial charge >= 0.3 is 0 Å². The zero-order chi connectivity index (χ0) is 18.1. The van der Waals surface area contributed by atoms with E-state index in [-0.39, 0.29) is 9.79 Å². The van der Waals surface area contributed by atoms with Crippen LogP contribution in [0.2, 0.25) is 0 Å². The highest BCUT2D eigenvalue weighted by Crippen LogP contribution is 2.29. The van der Waals surface area contributed by atoms with Crippen molar-refractivity contribution in [3.05, 3.63) is 54.6 Å². The third-order valence-electron chi connectivity index (χ3n) is 4.85. The molecular weight excluding hydrogens is 353 g/mol. The molecule has 0 unspecified atom stereocenters. The minimum Gasteiger partial charge on any atom is -0.330 e. The zero-order valence-corrected chi connectivity index (χ0v) is 15.1. The number of rotatable bonds is 5. The molecule has 0 amide bonds. The first-order valence-electron chi connectivity index (χ1n) is 8.72. The van der Waals surface area contributed by atoms with E-state index in [2.05, 4.69) is 9.88 Å². The Morgan fingerprint density at radius 2 is 1.88 bits per heavy atom. The molecule has 1 saturated heterocycles. The molecule has 2 aromatic heterocycles. The first-order chi connectivity index (χ1) is 12.6. The van der Waals surface area contributed by atoms with Crippen molar-refractivity contribution < 1.29 is 12.8 Å². The summed E-state index contributed by atoms with van der Waals surface area (Å²) in [5, 5.41) is 0.568. The van der Waals surface area contributed by atoms with Crippen molar-refractivity contribution in [2.75, 3.05) is 19.6 Å². The molecule has 0 aliphatic carbocycles. The molecule has 3 heterocycles. The quantitative estimate of drug-likeness (QED) is 0.690. The highest BCUT2D eigenvalue weighted by atomic mass is 32.2. The van der Waals surface area contributed by atoms with Gasteiger partial charge in [-0.25, -0.2) is 17.8 Å². The van der Waals surface area contributed by atoms with Gasteiger partial charge in [0.05, 0.1) is 9.79 Å². The van der Waals surface area contributed by atoms with Gasteiger partial charge in [-0.2, -0.15) is 0 Å². The van der Waals surface area contributed by atoms with Gasteiger partial charge in [-0.1, -0.05) is 6.07 Å². The van der Waals surface area contributed by atoms with Gasteiger partial charge in [-0.15, -0.1) is 0 Å². The molecule has 0 radical (unpaired) electrons. The number of likely N-dealkylation sites (tertiary alicyclic amines) is 1. The van der Waals surface area contributed by atoms with Crippen molar-refractivity contribution in [1.29, 1.82) is 0 Å². The predicted molar refractivity (Wildman–Crippen MR) is 97.3 cm³/mol. The molecule has 1 aliphatic rings. The maximum absolute atomic E-state index is 13.5. The first-order valence-corrected chi connectivity index (χ1v) is 10.2. The SMILES string of the molecule is O=S(=O)(c1cccc(F)c1)c1cn(CCN2CCCC2)c2ncccc12. The highest BCUT2D eigenvalue weighted by molar-refractivity contribution is 7.91. The fourth-order valence-corrected chi connectivity index (χ4v) is 4.99.